The molecule has 1 aromatic carbocycles. The van der Waals surface area contributed by atoms with Crippen molar-refractivity contribution in [1.29, 1.82) is 5.26 Å². The molecule has 1 saturated carbocycles. The molecule has 5 nitrogen and oxygen atoms in total. The number of hydrogen-bond acceptors (Lipinski definition) is 5. The predicted octanol–water partition coefficient (Wildman–Crippen LogP) is 6.08. The van der Waals surface area contributed by atoms with Crippen LogP contribution in [0.5, 0.6) is 11.6 Å². The van der Waals surface area contributed by atoms with Gasteiger partial charge >= 0.3 is 12.1 Å². The van der Waals surface area contributed by atoms with Gasteiger partial charge in [-0.2, -0.15) is 18.4 Å². The first-order valence-electron chi connectivity index (χ1n) is 9.38. The maximum atomic E-state index is 13.0. The number of allylic oxidation sites excluding steroid dienone is 2. The van der Waals surface area contributed by atoms with E-state index >= 15 is 0 Å². The Hall–Kier alpha value is -3.12. The second-order valence-electron chi connectivity index (χ2n) is 7.74. The topological polar surface area (TPSA) is 72.2 Å². The highest BCUT2D eigenvalue weighted by atomic mass is 35.5. The van der Waals surface area contributed by atoms with E-state index in [-0.39, 0.29) is 11.6 Å². The van der Waals surface area contributed by atoms with Crippen LogP contribution in [0.15, 0.2) is 53.6 Å². The highest BCUT2D eigenvalue weighted by Crippen LogP contribution is 2.60. The lowest BCUT2D eigenvalue weighted by atomic mass is 10.1. The summed E-state index contributed by atoms with van der Waals surface area (Å²) in [5.74, 6) is -2.57. The van der Waals surface area contributed by atoms with Crippen LogP contribution in [-0.2, 0) is 9.53 Å². The molecule has 0 aliphatic heterocycles. The molecule has 0 saturated heterocycles. The van der Waals surface area contributed by atoms with Gasteiger partial charge in [0.25, 0.3) is 0 Å². The number of carbonyl (C=O) groups is 1. The maximum Gasteiger partial charge on any atom is 0.426 e. The van der Waals surface area contributed by atoms with Crippen molar-refractivity contribution in [3.8, 4) is 17.7 Å². The van der Waals surface area contributed by atoms with Crippen molar-refractivity contribution >= 4 is 17.6 Å². The molecule has 0 amide bonds. The van der Waals surface area contributed by atoms with Gasteiger partial charge in [-0.3, -0.25) is 4.79 Å². The van der Waals surface area contributed by atoms with Gasteiger partial charge in [-0.1, -0.05) is 37.6 Å². The van der Waals surface area contributed by atoms with E-state index in [1.165, 1.54) is 42.5 Å². The van der Waals surface area contributed by atoms with E-state index in [9.17, 15) is 27.6 Å². The van der Waals surface area contributed by atoms with E-state index in [2.05, 4.69) is 4.98 Å². The summed E-state index contributed by atoms with van der Waals surface area (Å²) in [6, 6.07) is 11.4. The summed E-state index contributed by atoms with van der Waals surface area (Å²) in [5, 5.41) is 8.15. The fraction of sp³-hybridized carbons (Fsp3) is 0.318. The standard InChI is InChI=1S/C22H17ClF4N2O3/c1-21(2)14(10-17(23)22(25,26)27)19(21)20(30)32-16(11-28)15-4-3-5-18(29-15)31-13-8-6-12(24)7-9-13/h3-10,14,16,19H,1-2H3. The zero-order valence-corrected chi connectivity index (χ0v) is 17.6. The Balaban J connectivity index is 1.72. The SMILES string of the molecule is CC1(C)C(C=C(Cl)C(F)(F)F)C1C(=O)OC(C#N)c1cccc(Oc2ccc(F)cc2)n1. The fourth-order valence-electron chi connectivity index (χ4n) is 3.29. The summed E-state index contributed by atoms with van der Waals surface area (Å²) in [6.45, 7) is 3.22. The Morgan fingerprint density at radius 2 is 1.91 bits per heavy atom. The maximum absolute atomic E-state index is 13.0. The summed E-state index contributed by atoms with van der Waals surface area (Å²) in [6.07, 6.45) is -5.32. The zero-order chi connectivity index (χ0) is 23.7. The van der Waals surface area contributed by atoms with Crippen molar-refractivity contribution in [3.05, 3.63) is 65.1 Å². The number of nitrogens with zero attached hydrogens (tertiary/aromatic N) is 2. The van der Waals surface area contributed by atoms with Crippen molar-refractivity contribution in [2.45, 2.75) is 26.1 Å². The normalized spacial score (nSPS) is 20.8. The molecule has 0 bridgehead atoms. The molecule has 168 valence electrons. The number of aromatic nitrogens is 1. The van der Waals surface area contributed by atoms with Crippen LogP contribution >= 0.6 is 11.6 Å². The Morgan fingerprint density at radius 1 is 1.25 bits per heavy atom. The molecular formula is C22H17ClF4N2O3. The van der Waals surface area contributed by atoms with E-state index < -0.39 is 46.3 Å². The van der Waals surface area contributed by atoms with E-state index in [1.54, 1.807) is 19.9 Å². The Labute approximate surface area is 186 Å². The third-order valence-electron chi connectivity index (χ3n) is 5.16. The van der Waals surface area contributed by atoms with Gasteiger partial charge < -0.3 is 9.47 Å². The molecule has 32 heavy (non-hydrogen) atoms. The van der Waals surface area contributed by atoms with E-state index in [1.807, 2.05) is 0 Å². The van der Waals surface area contributed by atoms with Crippen LogP contribution in [0, 0.1) is 34.4 Å². The van der Waals surface area contributed by atoms with Crippen LogP contribution in [0.25, 0.3) is 0 Å². The monoisotopic (exact) mass is 468 g/mol. The van der Waals surface area contributed by atoms with Crippen LogP contribution in [0.1, 0.15) is 25.6 Å². The summed E-state index contributed by atoms with van der Waals surface area (Å²) in [5.41, 5.74) is -0.747. The summed E-state index contributed by atoms with van der Waals surface area (Å²) in [7, 11) is 0. The number of carbonyl (C=O) groups excluding carboxylic acids is 1. The van der Waals surface area contributed by atoms with Crippen LogP contribution in [0.2, 0.25) is 0 Å². The third kappa shape index (κ3) is 5.19. The van der Waals surface area contributed by atoms with Crippen molar-refractivity contribution in [1.82, 2.24) is 4.98 Å². The quantitative estimate of drug-likeness (QED) is 0.379. The summed E-state index contributed by atoms with van der Waals surface area (Å²) < 4.78 is 61.9. The van der Waals surface area contributed by atoms with Crippen molar-refractivity contribution in [3.63, 3.8) is 0 Å². The Morgan fingerprint density at radius 3 is 2.50 bits per heavy atom. The minimum atomic E-state index is -4.71. The number of rotatable bonds is 6. The number of halogens is 5. The van der Waals surface area contributed by atoms with Gasteiger partial charge in [0.1, 0.15) is 22.7 Å². The van der Waals surface area contributed by atoms with Crippen LogP contribution in [0.4, 0.5) is 17.6 Å². The summed E-state index contributed by atoms with van der Waals surface area (Å²) in [4.78, 5) is 16.7. The molecule has 1 aliphatic carbocycles. The molecule has 0 radical (unpaired) electrons. The van der Waals surface area contributed by atoms with Gasteiger partial charge in [0.2, 0.25) is 12.0 Å². The number of hydrogen-bond donors (Lipinski definition) is 0. The number of alkyl halides is 3. The van der Waals surface area contributed by atoms with Gasteiger partial charge in [-0.25, -0.2) is 9.37 Å². The average Bonchev–Trinajstić information content (AvgIpc) is 3.27. The highest BCUT2D eigenvalue weighted by Gasteiger charge is 2.62. The highest BCUT2D eigenvalue weighted by molar-refractivity contribution is 6.30. The number of benzene rings is 1. The number of esters is 1. The van der Waals surface area contributed by atoms with Gasteiger partial charge in [-0.15, -0.1) is 0 Å². The number of pyridine rings is 1. The first-order chi connectivity index (χ1) is 14.9. The average molecular weight is 469 g/mol. The zero-order valence-electron chi connectivity index (χ0n) is 16.9. The lowest BCUT2D eigenvalue weighted by Crippen LogP contribution is -2.15. The molecule has 2 aromatic rings. The molecule has 0 spiro atoms. The molecule has 3 rings (SSSR count). The van der Waals surface area contributed by atoms with Gasteiger partial charge in [0, 0.05) is 6.07 Å². The third-order valence-corrected chi connectivity index (χ3v) is 5.50. The first kappa shape index (κ1) is 23.5. The van der Waals surface area contributed by atoms with E-state index in [0.29, 0.717) is 5.75 Å². The second-order valence-corrected chi connectivity index (χ2v) is 8.15. The molecule has 1 aromatic heterocycles. The predicted molar refractivity (Wildman–Crippen MR) is 106 cm³/mol. The van der Waals surface area contributed by atoms with E-state index in [4.69, 9.17) is 21.1 Å². The number of ether oxygens (including phenoxy) is 2. The minimum absolute atomic E-state index is 0.0688. The molecule has 1 fully saturated rings. The van der Waals surface area contributed by atoms with Crippen LogP contribution in [-0.4, -0.2) is 17.1 Å². The molecular weight excluding hydrogens is 452 g/mol. The van der Waals surface area contributed by atoms with Crippen molar-refractivity contribution in [2.75, 3.05) is 0 Å². The molecule has 1 heterocycles. The fourth-order valence-corrected chi connectivity index (χ4v) is 3.43. The Bertz CT molecular complexity index is 1080. The molecule has 3 unspecified atom stereocenters. The van der Waals surface area contributed by atoms with Gasteiger partial charge in [0.05, 0.1) is 11.6 Å². The van der Waals surface area contributed by atoms with Crippen LogP contribution in [0.3, 0.4) is 0 Å². The molecule has 1 aliphatic rings. The van der Waals surface area contributed by atoms with Crippen molar-refractivity contribution in [2.24, 2.45) is 17.3 Å². The first-order valence-corrected chi connectivity index (χ1v) is 9.76. The lowest BCUT2D eigenvalue weighted by Gasteiger charge is -2.12. The lowest BCUT2D eigenvalue weighted by molar-refractivity contribution is -0.149. The van der Waals surface area contributed by atoms with Crippen molar-refractivity contribution < 1.29 is 31.8 Å². The molecule has 0 N–H and O–H groups in total. The number of nitriles is 1. The van der Waals surface area contributed by atoms with Gasteiger partial charge in [-0.05, 0) is 41.7 Å². The van der Waals surface area contributed by atoms with Crippen LogP contribution < -0.4 is 4.74 Å². The summed E-state index contributed by atoms with van der Waals surface area (Å²) >= 11 is 5.30. The largest absolute Gasteiger partial charge is 0.440 e. The Kier molecular flexibility index (Phi) is 6.46. The van der Waals surface area contributed by atoms with E-state index in [0.717, 1.165) is 6.08 Å². The minimum Gasteiger partial charge on any atom is -0.440 e. The molecule has 10 heteroatoms. The molecule has 3 atom stereocenters. The smallest absolute Gasteiger partial charge is 0.426 e. The second kappa shape index (κ2) is 8.79. The van der Waals surface area contributed by atoms with Gasteiger partial charge in [0.15, 0.2) is 0 Å².